The van der Waals surface area contributed by atoms with Gasteiger partial charge in [0, 0.05) is 74.7 Å². The van der Waals surface area contributed by atoms with E-state index in [0.29, 0.717) is 13.1 Å². The van der Waals surface area contributed by atoms with Crippen molar-refractivity contribution in [3.05, 3.63) is 66.1 Å². The van der Waals surface area contributed by atoms with Gasteiger partial charge in [-0.15, -0.1) is 0 Å². The summed E-state index contributed by atoms with van der Waals surface area (Å²) in [6.07, 6.45) is 3.99. The first-order valence-corrected chi connectivity index (χ1v) is 11.1. The highest BCUT2D eigenvalue weighted by molar-refractivity contribution is 5.94. The maximum absolute atomic E-state index is 13.0. The Morgan fingerprint density at radius 2 is 1.56 bits per heavy atom. The third kappa shape index (κ3) is 4.31. The van der Waals surface area contributed by atoms with E-state index in [9.17, 15) is 4.79 Å². The number of piperazine rings is 1. The number of morpholine rings is 1. The summed E-state index contributed by atoms with van der Waals surface area (Å²) < 4.78 is 7.49. The molecule has 8 nitrogen and oxygen atoms in total. The molecule has 2 saturated heterocycles. The number of carbonyl (C=O) groups excluding carboxylic acids is 1. The molecule has 2 aliphatic heterocycles. The predicted octanol–water partition coefficient (Wildman–Crippen LogP) is 2.37. The predicted molar refractivity (Wildman–Crippen MR) is 124 cm³/mol. The zero-order valence-electron chi connectivity index (χ0n) is 18.4. The van der Waals surface area contributed by atoms with Crippen LogP contribution in [0.4, 0.5) is 11.8 Å². The lowest BCUT2D eigenvalue weighted by Gasteiger charge is -2.35. The summed E-state index contributed by atoms with van der Waals surface area (Å²) in [6.45, 7) is 7.91. The van der Waals surface area contributed by atoms with Gasteiger partial charge in [0.05, 0.1) is 13.2 Å². The fraction of sp³-hybridized carbons (Fsp3) is 0.375. The number of amides is 1. The second-order valence-corrected chi connectivity index (χ2v) is 8.18. The minimum Gasteiger partial charge on any atom is -0.378 e. The van der Waals surface area contributed by atoms with Crippen LogP contribution in [0.3, 0.4) is 0 Å². The first kappa shape index (κ1) is 20.5. The first-order chi connectivity index (χ1) is 15.7. The van der Waals surface area contributed by atoms with Crippen molar-refractivity contribution in [1.82, 2.24) is 19.4 Å². The Kier molecular flexibility index (Phi) is 5.77. The molecule has 8 heteroatoms. The Labute approximate surface area is 188 Å². The van der Waals surface area contributed by atoms with E-state index in [2.05, 4.69) is 14.8 Å². The molecular weight excluding hydrogens is 404 g/mol. The molecule has 2 aromatic heterocycles. The molecule has 5 rings (SSSR count). The molecule has 1 aromatic carbocycles. The SMILES string of the molecule is Cc1cc(N2CCOCC2)nc(N2CCN(C(=O)c3ccc(-n4cccc4)cc3)CC2)n1. The molecule has 3 aromatic rings. The minimum atomic E-state index is 0.0721. The summed E-state index contributed by atoms with van der Waals surface area (Å²) in [5, 5.41) is 0. The third-order valence-electron chi connectivity index (χ3n) is 6.03. The van der Waals surface area contributed by atoms with Crippen LogP contribution in [0.2, 0.25) is 0 Å². The molecule has 0 spiro atoms. The average Bonchev–Trinajstić information content (AvgIpc) is 3.39. The van der Waals surface area contributed by atoms with Crippen LogP contribution in [0.5, 0.6) is 0 Å². The summed E-state index contributed by atoms with van der Waals surface area (Å²) in [5.74, 6) is 1.77. The van der Waals surface area contributed by atoms with Crippen LogP contribution in [0.25, 0.3) is 5.69 Å². The van der Waals surface area contributed by atoms with Crippen molar-refractivity contribution in [3.8, 4) is 5.69 Å². The van der Waals surface area contributed by atoms with Crippen molar-refractivity contribution in [1.29, 1.82) is 0 Å². The molecule has 0 bridgehead atoms. The quantitative estimate of drug-likeness (QED) is 0.631. The normalized spacial score (nSPS) is 17.0. The fourth-order valence-electron chi connectivity index (χ4n) is 4.21. The lowest BCUT2D eigenvalue weighted by molar-refractivity contribution is 0.0746. The lowest BCUT2D eigenvalue weighted by atomic mass is 10.1. The largest absolute Gasteiger partial charge is 0.378 e. The van der Waals surface area contributed by atoms with Crippen LogP contribution >= 0.6 is 0 Å². The number of carbonyl (C=O) groups is 1. The molecule has 0 atom stereocenters. The molecule has 2 fully saturated rings. The number of hydrogen-bond acceptors (Lipinski definition) is 6. The Morgan fingerprint density at radius 1 is 0.875 bits per heavy atom. The summed E-state index contributed by atoms with van der Waals surface area (Å²) in [6, 6.07) is 13.8. The van der Waals surface area contributed by atoms with Crippen molar-refractivity contribution in [3.63, 3.8) is 0 Å². The highest BCUT2D eigenvalue weighted by Crippen LogP contribution is 2.20. The maximum Gasteiger partial charge on any atom is 0.253 e. The Balaban J connectivity index is 1.23. The topological polar surface area (TPSA) is 66.7 Å². The van der Waals surface area contributed by atoms with Crippen LogP contribution in [0.1, 0.15) is 16.1 Å². The lowest BCUT2D eigenvalue weighted by Crippen LogP contribution is -2.49. The number of ether oxygens (including phenoxy) is 1. The monoisotopic (exact) mass is 432 g/mol. The van der Waals surface area contributed by atoms with Gasteiger partial charge in [-0.3, -0.25) is 4.79 Å². The maximum atomic E-state index is 13.0. The van der Waals surface area contributed by atoms with Gasteiger partial charge in [-0.2, -0.15) is 4.98 Å². The zero-order valence-corrected chi connectivity index (χ0v) is 18.4. The van der Waals surface area contributed by atoms with E-state index in [4.69, 9.17) is 9.72 Å². The van der Waals surface area contributed by atoms with Crippen molar-refractivity contribution in [2.45, 2.75) is 6.92 Å². The molecule has 166 valence electrons. The van der Waals surface area contributed by atoms with Gasteiger partial charge < -0.3 is 24.0 Å². The third-order valence-corrected chi connectivity index (χ3v) is 6.03. The van der Waals surface area contributed by atoms with Gasteiger partial charge in [-0.05, 0) is 43.3 Å². The number of benzene rings is 1. The number of hydrogen-bond donors (Lipinski definition) is 0. The van der Waals surface area contributed by atoms with E-state index in [1.54, 1.807) is 0 Å². The van der Waals surface area contributed by atoms with Crippen LogP contribution in [0.15, 0.2) is 54.9 Å². The minimum absolute atomic E-state index is 0.0721. The molecule has 4 heterocycles. The number of rotatable bonds is 4. The van der Waals surface area contributed by atoms with Crippen molar-refractivity contribution >= 4 is 17.7 Å². The van der Waals surface area contributed by atoms with Crippen LogP contribution in [0, 0.1) is 6.92 Å². The Bertz CT molecular complexity index is 1050. The molecule has 32 heavy (non-hydrogen) atoms. The van der Waals surface area contributed by atoms with Crippen molar-refractivity contribution in [2.24, 2.45) is 0 Å². The highest BCUT2D eigenvalue weighted by Gasteiger charge is 2.24. The van der Waals surface area contributed by atoms with Gasteiger partial charge >= 0.3 is 0 Å². The van der Waals surface area contributed by atoms with Gasteiger partial charge in [-0.1, -0.05) is 0 Å². The van der Waals surface area contributed by atoms with Crippen LogP contribution in [-0.4, -0.2) is 77.8 Å². The molecule has 0 saturated carbocycles. The van der Waals surface area contributed by atoms with Gasteiger partial charge in [0.25, 0.3) is 5.91 Å². The number of aromatic nitrogens is 3. The fourth-order valence-corrected chi connectivity index (χ4v) is 4.21. The van der Waals surface area contributed by atoms with Gasteiger partial charge in [-0.25, -0.2) is 4.98 Å². The van der Waals surface area contributed by atoms with Crippen LogP contribution < -0.4 is 9.80 Å². The standard InChI is InChI=1S/C24H28N6O2/c1-19-18-22(28-14-16-32-17-15-28)26-24(25-19)30-12-10-29(11-13-30)23(31)20-4-6-21(7-5-20)27-8-2-3-9-27/h2-9,18H,10-17H2,1H3. The van der Waals surface area contributed by atoms with E-state index in [-0.39, 0.29) is 5.91 Å². The number of aryl methyl sites for hydroxylation is 1. The van der Waals surface area contributed by atoms with E-state index in [0.717, 1.165) is 68.1 Å². The zero-order chi connectivity index (χ0) is 21.9. The first-order valence-electron chi connectivity index (χ1n) is 11.1. The molecule has 0 N–H and O–H groups in total. The van der Waals surface area contributed by atoms with E-state index in [1.165, 1.54) is 0 Å². The molecule has 2 aliphatic rings. The molecule has 0 radical (unpaired) electrons. The van der Waals surface area contributed by atoms with Gasteiger partial charge in [0.15, 0.2) is 0 Å². The Hall–Kier alpha value is -3.39. The van der Waals surface area contributed by atoms with Crippen LogP contribution in [-0.2, 0) is 4.74 Å². The Morgan fingerprint density at radius 3 is 2.25 bits per heavy atom. The van der Waals surface area contributed by atoms with Gasteiger partial charge in [0.2, 0.25) is 5.95 Å². The molecule has 0 unspecified atom stereocenters. The van der Waals surface area contributed by atoms with Gasteiger partial charge in [0.1, 0.15) is 5.82 Å². The highest BCUT2D eigenvalue weighted by atomic mass is 16.5. The summed E-state index contributed by atoms with van der Waals surface area (Å²) >= 11 is 0. The van der Waals surface area contributed by atoms with E-state index < -0.39 is 0 Å². The summed E-state index contributed by atoms with van der Waals surface area (Å²) in [5.41, 5.74) is 2.72. The number of anilines is 2. The van der Waals surface area contributed by atoms with E-state index in [1.807, 2.05) is 71.2 Å². The second-order valence-electron chi connectivity index (χ2n) is 8.18. The summed E-state index contributed by atoms with van der Waals surface area (Å²) in [7, 11) is 0. The second kappa shape index (κ2) is 9.00. The van der Waals surface area contributed by atoms with Crippen molar-refractivity contribution in [2.75, 3.05) is 62.3 Å². The summed E-state index contributed by atoms with van der Waals surface area (Å²) in [4.78, 5) is 28.8. The number of nitrogens with zero attached hydrogens (tertiary/aromatic N) is 6. The van der Waals surface area contributed by atoms with E-state index >= 15 is 0 Å². The molecule has 1 amide bonds. The average molecular weight is 433 g/mol. The van der Waals surface area contributed by atoms with Crippen molar-refractivity contribution < 1.29 is 9.53 Å². The molecular formula is C24H28N6O2. The molecule has 0 aliphatic carbocycles. The smallest absolute Gasteiger partial charge is 0.253 e.